The van der Waals surface area contributed by atoms with Crippen LogP contribution in [0.4, 0.5) is 5.69 Å². The molecule has 2 nitrogen and oxygen atoms in total. The van der Waals surface area contributed by atoms with Crippen LogP contribution in [0.3, 0.4) is 0 Å². The minimum absolute atomic E-state index is 0.468. The first kappa shape index (κ1) is 8.04. The van der Waals surface area contributed by atoms with E-state index in [9.17, 15) is 4.79 Å². The van der Waals surface area contributed by atoms with Crippen molar-refractivity contribution in [3.05, 3.63) is 29.8 Å². The fourth-order valence-electron chi connectivity index (χ4n) is 1.89. The van der Waals surface area contributed by atoms with Crippen LogP contribution in [0.2, 0.25) is 0 Å². The van der Waals surface area contributed by atoms with E-state index in [0.717, 1.165) is 13.1 Å². The molecule has 0 unspecified atom stereocenters. The number of carbonyl (C=O) groups excluding carboxylic acids is 1. The van der Waals surface area contributed by atoms with Crippen LogP contribution in [0.1, 0.15) is 31.0 Å². The zero-order chi connectivity index (χ0) is 10.7. The number of nitrogens with zero attached hydrogens (tertiary/aromatic N) is 1. The van der Waals surface area contributed by atoms with Crippen molar-refractivity contribution in [2.75, 3.05) is 18.0 Å². The Bertz CT molecular complexity index is 341. The predicted octanol–water partition coefficient (Wildman–Crippen LogP) is 2.49. The molecular formula is C12H15NO. The van der Waals surface area contributed by atoms with Gasteiger partial charge in [-0.25, -0.2) is 0 Å². The van der Waals surface area contributed by atoms with Crippen molar-refractivity contribution in [2.45, 2.75) is 19.3 Å². The molecule has 74 valence electrons. The highest BCUT2D eigenvalue weighted by atomic mass is 16.1. The zero-order valence-electron chi connectivity index (χ0n) is 9.20. The molecule has 1 aliphatic rings. The van der Waals surface area contributed by atoms with Gasteiger partial charge in [0, 0.05) is 24.3 Å². The van der Waals surface area contributed by atoms with E-state index in [-0.39, 0.29) is 0 Å². The normalized spacial score (nSPS) is 17.7. The minimum Gasteiger partial charge on any atom is -0.372 e. The molecule has 1 fully saturated rings. The third-order valence-corrected chi connectivity index (χ3v) is 2.71. The molecule has 1 aromatic carbocycles. The fraction of sp³-hybridized carbons (Fsp3) is 0.417. The summed E-state index contributed by atoms with van der Waals surface area (Å²) in [6.45, 7) is 2.21. The Morgan fingerprint density at radius 2 is 1.79 bits per heavy atom. The summed E-state index contributed by atoms with van der Waals surface area (Å²) in [5, 5.41) is 0. The number of anilines is 1. The van der Waals surface area contributed by atoms with Crippen LogP contribution in [-0.4, -0.2) is 19.4 Å². The van der Waals surface area contributed by atoms with Crippen LogP contribution in [0.15, 0.2) is 24.3 Å². The van der Waals surface area contributed by atoms with Gasteiger partial charge in [-0.3, -0.25) is 4.79 Å². The molecule has 1 aromatic rings. The second kappa shape index (κ2) is 4.27. The minimum atomic E-state index is -0.611. The Balaban J connectivity index is 2.11. The fourth-order valence-corrected chi connectivity index (χ4v) is 1.89. The van der Waals surface area contributed by atoms with Gasteiger partial charge in [-0.1, -0.05) is 0 Å². The van der Waals surface area contributed by atoms with Crippen LogP contribution < -0.4 is 4.90 Å². The molecule has 0 amide bonds. The van der Waals surface area contributed by atoms with E-state index < -0.39 is 6.26 Å². The largest absolute Gasteiger partial charge is 0.372 e. The average Bonchev–Trinajstić information content (AvgIpc) is 2.30. The Labute approximate surface area is 85.9 Å². The number of aldehydes is 1. The highest BCUT2D eigenvalue weighted by Crippen LogP contribution is 2.19. The molecule has 0 N–H and O–H groups in total. The van der Waals surface area contributed by atoms with E-state index in [4.69, 9.17) is 1.37 Å². The van der Waals surface area contributed by atoms with Gasteiger partial charge >= 0.3 is 0 Å². The third-order valence-electron chi connectivity index (χ3n) is 2.71. The molecule has 0 bridgehead atoms. The molecule has 0 aromatic heterocycles. The van der Waals surface area contributed by atoms with E-state index in [2.05, 4.69) is 4.90 Å². The lowest BCUT2D eigenvalue weighted by molar-refractivity contribution is 0.112. The molecule has 1 heterocycles. The number of piperidine rings is 1. The first-order valence-corrected chi connectivity index (χ1v) is 5.13. The van der Waals surface area contributed by atoms with Gasteiger partial charge in [-0.2, -0.15) is 0 Å². The number of hydrogen-bond acceptors (Lipinski definition) is 2. The first-order valence-electron chi connectivity index (χ1n) is 5.63. The van der Waals surface area contributed by atoms with Gasteiger partial charge in [0.05, 0.1) is 0 Å². The van der Waals surface area contributed by atoms with Gasteiger partial charge in [-0.05, 0) is 43.5 Å². The molecule has 1 aliphatic heterocycles. The lowest BCUT2D eigenvalue weighted by atomic mass is 10.1. The molecule has 14 heavy (non-hydrogen) atoms. The molecule has 2 heteroatoms. The molecular weight excluding hydrogens is 174 g/mol. The van der Waals surface area contributed by atoms with E-state index in [1.165, 1.54) is 24.9 Å². The molecule has 0 atom stereocenters. The highest BCUT2D eigenvalue weighted by molar-refractivity contribution is 5.75. The maximum absolute atomic E-state index is 10.8. The van der Waals surface area contributed by atoms with Crippen LogP contribution in [-0.2, 0) is 0 Å². The van der Waals surface area contributed by atoms with Crippen molar-refractivity contribution in [2.24, 2.45) is 0 Å². The smallest absolute Gasteiger partial charge is 0.150 e. The van der Waals surface area contributed by atoms with E-state index in [0.29, 0.717) is 5.56 Å². The van der Waals surface area contributed by atoms with Crippen molar-refractivity contribution in [3.8, 4) is 0 Å². The average molecular weight is 190 g/mol. The molecule has 0 radical (unpaired) electrons. The van der Waals surface area contributed by atoms with E-state index in [1.807, 2.05) is 12.1 Å². The van der Waals surface area contributed by atoms with Gasteiger partial charge in [0.25, 0.3) is 0 Å². The lowest BCUT2D eigenvalue weighted by Crippen LogP contribution is -2.29. The molecule has 2 rings (SSSR count). The van der Waals surface area contributed by atoms with Crippen molar-refractivity contribution in [3.63, 3.8) is 0 Å². The van der Waals surface area contributed by atoms with Crippen molar-refractivity contribution < 1.29 is 6.17 Å². The summed E-state index contributed by atoms with van der Waals surface area (Å²) in [6, 6.07) is 7.35. The summed E-state index contributed by atoms with van der Waals surface area (Å²) in [6.07, 6.45) is 3.21. The Hall–Kier alpha value is -1.31. The second-order valence-electron chi connectivity index (χ2n) is 3.70. The van der Waals surface area contributed by atoms with Gasteiger partial charge in [0.1, 0.15) is 7.63 Å². The Morgan fingerprint density at radius 1 is 1.14 bits per heavy atom. The third kappa shape index (κ3) is 1.95. The van der Waals surface area contributed by atoms with Gasteiger partial charge in [-0.15, -0.1) is 0 Å². The topological polar surface area (TPSA) is 20.3 Å². The van der Waals surface area contributed by atoms with Crippen LogP contribution in [0.5, 0.6) is 0 Å². The maximum atomic E-state index is 10.8. The van der Waals surface area contributed by atoms with Crippen molar-refractivity contribution >= 4 is 11.9 Å². The molecule has 0 spiro atoms. The van der Waals surface area contributed by atoms with Gasteiger partial charge in [0.2, 0.25) is 0 Å². The number of rotatable bonds is 2. The summed E-state index contributed by atoms with van der Waals surface area (Å²) in [5.41, 5.74) is 1.63. The second-order valence-corrected chi connectivity index (χ2v) is 3.70. The van der Waals surface area contributed by atoms with Crippen LogP contribution in [0.25, 0.3) is 0 Å². The maximum Gasteiger partial charge on any atom is 0.150 e. The lowest BCUT2D eigenvalue weighted by Gasteiger charge is -2.28. The predicted molar refractivity (Wildman–Crippen MR) is 57.9 cm³/mol. The first-order chi connectivity index (χ1) is 7.27. The van der Waals surface area contributed by atoms with Gasteiger partial charge in [0.15, 0.2) is 0 Å². The highest BCUT2D eigenvalue weighted by Gasteiger charge is 2.09. The van der Waals surface area contributed by atoms with Crippen LogP contribution >= 0.6 is 0 Å². The van der Waals surface area contributed by atoms with Crippen LogP contribution in [0, 0.1) is 0 Å². The SMILES string of the molecule is [2H]C(=O)c1ccc(N2CCCCC2)cc1. The van der Waals surface area contributed by atoms with E-state index in [1.54, 1.807) is 12.1 Å². The van der Waals surface area contributed by atoms with Gasteiger partial charge < -0.3 is 4.90 Å². The zero-order valence-corrected chi connectivity index (χ0v) is 8.20. The molecule has 0 saturated carbocycles. The quantitative estimate of drug-likeness (QED) is 0.668. The summed E-state index contributed by atoms with van der Waals surface area (Å²) < 4.78 is 6.98. The summed E-state index contributed by atoms with van der Waals surface area (Å²) in [7, 11) is 0. The molecule has 1 saturated heterocycles. The number of hydrogen-bond donors (Lipinski definition) is 0. The number of carbonyl (C=O) groups is 1. The monoisotopic (exact) mass is 190 g/mol. The summed E-state index contributed by atoms with van der Waals surface area (Å²) in [5.74, 6) is 0. The Morgan fingerprint density at radius 3 is 2.36 bits per heavy atom. The van der Waals surface area contributed by atoms with E-state index >= 15 is 0 Å². The molecule has 0 aliphatic carbocycles. The van der Waals surface area contributed by atoms with Crippen molar-refractivity contribution in [1.82, 2.24) is 0 Å². The summed E-state index contributed by atoms with van der Waals surface area (Å²) >= 11 is 0. The summed E-state index contributed by atoms with van der Waals surface area (Å²) in [4.78, 5) is 13.1. The standard InChI is InChI=1S/C12H15NO/c14-10-11-4-6-12(7-5-11)13-8-2-1-3-9-13/h4-7,10H,1-3,8-9H2/i10D. The Kier molecular flexibility index (Phi) is 2.45. The van der Waals surface area contributed by atoms with Crippen molar-refractivity contribution in [1.29, 1.82) is 0 Å². The number of benzene rings is 1.